The van der Waals surface area contributed by atoms with E-state index >= 15 is 0 Å². The van der Waals surface area contributed by atoms with Gasteiger partial charge in [0.1, 0.15) is 10.8 Å². The molecular weight excluding hydrogens is 466 g/mol. The molecule has 1 heterocycles. The molecule has 7 nitrogen and oxygen atoms in total. The predicted octanol–water partition coefficient (Wildman–Crippen LogP) is 5.68. The molecule has 0 aliphatic heterocycles. The lowest BCUT2D eigenvalue weighted by molar-refractivity contribution is -0.137. The molecule has 0 radical (unpaired) electrons. The van der Waals surface area contributed by atoms with Crippen molar-refractivity contribution in [2.75, 3.05) is 20.3 Å². The molecule has 3 aromatic rings. The van der Waals surface area contributed by atoms with Crippen LogP contribution in [0.5, 0.6) is 17.2 Å². The fourth-order valence-electron chi connectivity index (χ4n) is 4.39. The molecule has 0 unspecified atom stereocenters. The van der Waals surface area contributed by atoms with Gasteiger partial charge in [-0.1, -0.05) is 6.07 Å². The monoisotopic (exact) mass is 495 g/mol. The first-order chi connectivity index (χ1) is 16.9. The van der Waals surface area contributed by atoms with E-state index in [0.717, 1.165) is 40.4 Å². The SMILES string of the molecule is COc1cc(-c2nc(C)c(C(C)=O)s2)ccc1OCCCOc1ccc2c(c1)CC[C@H]2CC(=O)O. The number of ether oxygens (including phenoxy) is 3. The molecule has 0 saturated carbocycles. The zero-order valence-corrected chi connectivity index (χ0v) is 20.9. The molecule has 0 saturated heterocycles. The van der Waals surface area contributed by atoms with E-state index in [1.807, 2.05) is 43.3 Å². The van der Waals surface area contributed by atoms with Crippen LogP contribution < -0.4 is 14.2 Å². The Kier molecular flexibility index (Phi) is 7.70. The second-order valence-electron chi connectivity index (χ2n) is 8.60. The van der Waals surface area contributed by atoms with Crippen LogP contribution in [-0.4, -0.2) is 42.2 Å². The Balaban J connectivity index is 1.29. The number of hydrogen-bond donors (Lipinski definition) is 1. The minimum atomic E-state index is -0.755. The van der Waals surface area contributed by atoms with Gasteiger partial charge in [-0.2, -0.15) is 0 Å². The van der Waals surface area contributed by atoms with E-state index in [9.17, 15) is 9.59 Å². The fraction of sp³-hybridized carbons (Fsp3) is 0.370. The summed E-state index contributed by atoms with van der Waals surface area (Å²) in [5.74, 6) is 1.40. The van der Waals surface area contributed by atoms with Crippen molar-refractivity contribution in [2.45, 2.75) is 45.4 Å². The highest BCUT2D eigenvalue weighted by molar-refractivity contribution is 7.17. The largest absolute Gasteiger partial charge is 0.493 e. The lowest BCUT2D eigenvalue weighted by Gasteiger charge is -2.13. The van der Waals surface area contributed by atoms with Gasteiger partial charge in [-0.3, -0.25) is 9.59 Å². The quantitative estimate of drug-likeness (QED) is 0.270. The summed E-state index contributed by atoms with van der Waals surface area (Å²) in [5, 5.41) is 9.85. The van der Waals surface area contributed by atoms with Gasteiger partial charge >= 0.3 is 5.97 Å². The number of aryl methyl sites for hydroxylation is 2. The van der Waals surface area contributed by atoms with Crippen molar-refractivity contribution in [1.82, 2.24) is 4.98 Å². The highest BCUT2D eigenvalue weighted by atomic mass is 32.1. The number of fused-ring (bicyclic) bond motifs is 1. The van der Waals surface area contributed by atoms with E-state index < -0.39 is 5.97 Å². The van der Waals surface area contributed by atoms with Crippen LogP contribution in [0.1, 0.15) is 58.6 Å². The lowest BCUT2D eigenvalue weighted by Crippen LogP contribution is -2.06. The number of carbonyl (C=O) groups is 2. The van der Waals surface area contributed by atoms with E-state index in [0.29, 0.717) is 36.0 Å². The summed E-state index contributed by atoms with van der Waals surface area (Å²) in [6, 6.07) is 11.6. The Morgan fingerprint density at radius 2 is 1.91 bits per heavy atom. The van der Waals surface area contributed by atoms with Crippen molar-refractivity contribution in [3.8, 4) is 27.8 Å². The summed E-state index contributed by atoms with van der Waals surface area (Å²) >= 11 is 1.38. The van der Waals surface area contributed by atoms with Gasteiger partial charge in [-0.05, 0) is 67.1 Å². The Bertz CT molecular complexity index is 1230. The van der Waals surface area contributed by atoms with Gasteiger partial charge in [-0.15, -0.1) is 11.3 Å². The van der Waals surface area contributed by atoms with Crippen molar-refractivity contribution in [3.63, 3.8) is 0 Å². The van der Waals surface area contributed by atoms with Crippen molar-refractivity contribution in [1.29, 1.82) is 0 Å². The molecule has 184 valence electrons. The summed E-state index contributed by atoms with van der Waals surface area (Å²) < 4.78 is 17.3. The maximum absolute atomic E-state index is 11.7. The maximum atomic E-state index is 11.7. The van der Waals surface area contributed by atoms with Gasteiger partial charge in [0.2, 0.25) is 0 Å². The number of aromatic nitrogens is 1. The maximum Gasteiger partial charge on any atom is 0.303 e. The number of aliphatic carboxylic acids is 1. The zero-order chi connectivity index (χ0) is 24.9. The molecule has 1 N–H and O–H groups in total. The summed E-state index contributed by atoms with van der Waals surface area (Å²) in [6.07, 6.45) is 2.63. The molecule has 0 amide bonds. The van der Waals surface area contributed by atoms with Gasteiger partial charge in [-0.25, -0.2) is 4.98 Å². The number of hydrogen-bond acceptors (Lipinski definition) is 7. The molecule has 35 heavy (non-hydrogen) atoms. The summed E-state index contributed by atoms with van der Waals surface area (Å²) in [5.41, 5.74) is 3.92. The van der Waals surface area contributed by atoms with Crippen LogP contribution in [0.25, 0.3) is 10.6 Å². The van der Waals surface area contributed by atoms with Gasteiger partial charge < -0.3 is 19.3 Å². The number of carboxylic acids is 1. The van der Waals surface area contributed by atoms with E-state index in [1.165, 1.54) is 16.9 Å². The minimum absolute atomic E-state index is 0.0163. The van der Waals surface area contributed by atoms with Crippen LogP contribution in [0.4, 0.5) is 0 Å². The number of Topliss-reactive ketones (excluding diaryl/α,β-unsaturated/α-hetero) is 1. The van der Waals surface area contributed by atoms with Gasteiger partial charge in [0, 0.05) is 18.9 Å². The van der Waals surface area contributed by atoms with E-state index in [2.05, 4.69) is 4.98 Å². The van der Waals surface area contributed by atoms with Gasteiger partial charge in [0.25, 0.3) is 0 Å². The number of thiazole rings is 1. The Morgan fingerprint density at radius 1 is 1.11 bits per heavy atom. The third-order valence-electron chi connectivity index (χ3n) is 6.08. The average molecular weight is 496 g/mol. The van der Waals surface area contributed by atoms with Crippen LogP contribution in [0.3, 0.4) is 0 Å². The van der Waals surface area contributed by atoms with Crippen LogP contribution >= 0.6 is 11.3 Å². The fourth-order valence-corrected chi connectivity index (χ4v) is 5.35. The molecule has 1 aliphatic rings. The third-order valence-corrected chi connectivity index (χ3v) is 7.39. The summed E-state index contributed by atoms with van der Waals surface area (Å²) in [4.78, 5) is 28.0. The summed E-state index contributed by atoms with van der Waals surface area (Å²) in [6.45, 7) is 4.36. The molecule has 1 aliphatic carbocycles. The first kappa shape index (κ1) is 24.7. The number of methoxy groups -OCH3 is 1. The summed E-state index contributed by atoms with van der Waals surface area (Å²) in [7, 11) is 1.60. The second-order valence-corrected chi connectivity index (χ2v) is 9.60. The Morgan fingerprint density at radius 3 is 2.63 bits per heavy atom. The number of nitrogens with zero attached hydrogens (tertiary/aromatic N) is 1. The topological polar surface area (TPSA) is 95.0 Å². The molecule has 8 heteroatoms. The number of ketones is 1. The predicted molar refractivity (Wildman–Crippen MR) is 134 cm³/mol. The lowest BCUT2D eigenvalue weighted by atomic mass is 9.98. The first-order valence-corrected chi connectivity index (χ1v) is 12.4. The molecule has 0 fully saturated rings. The Hall–Kier alpha value is -3.39. The molecular formula is C27H29NO6S. The van der Waals surface area contributed by atoms with E-state index in [-0.39, 0.29) is 18.1 Å². The average Bonchev–Trinajstić information content (AvgIpc) is 3.41. The second kappa shape index (κ2) is 10.9. The van der Waals surface area contributed by atoms with E-state index in [1.54, 1.807) is 14.0 Å². The highest BCUT2D eigenvalue weighted by Gasteiger charge is 2.25. The number of rotatable bonds is 11. The van der Waals surface area contributed by atoms with Gasteiger partial charge in [0.05, 0.1) is 37.3 Å². The molecule has 0 spiro atoms. The first-order valence-electron chi connectivity index (χ1n) is 11.6. The van der Waals surface area contributed by atoms with Crippen molar-refractivity contribution < 1.29 is 28.9 Å². The third kappa shape index (κ3) is 5.82. The Labute approximate surface area is 208 Å². The number of carbonyl (C=O) groups excluding carboxylic acids is 1. The molecule has 0 bridgehead atoms. The van der Waals surface area contributed by atoms with Crippen molar-refractivity contribution in [2.24, 2.45) is 0 Å². The molecule has 1 atom stereocenters. The minimum Gasteiger partial charge on any atom is -0.493 e. The van der Waals surface area contributed by atoms with Crippen LogP contribution in [-0.2, 0) is 11.2 Å². The zero-order valence-electron chi connectivity index (χ0n) is 20.1. The van der Waals surface area contributed by atoms with E-state index in [4.69, 9.17) is 19.3 Å². The normalized spacial score (nSPS) is 14.4. The molecule has 4 rings (SSSR count). The van der Waals surface area contributed by atoms with Crippen molar-refractivity contribution in [3.05, 3.63) is 58.1 Å². The van der Waals surface area contributed by atoms with Crippen molar-refractivity contribution >= 4 is 23.1 Å². The highest BCUT2D eigenvalue weighted by Crippen LogP contribution is 2.38. The van der Waals surface area contributed by atoms with Crippen LogP contribution in [0.15, 0.2) is 36.4 Å². The smallest absolute Gasteiger partial charge is 0.303 e. The molecule has 2 aromatic carbocycles. The molecule has 1 aromatic heterocycles. The van der Waals surface area contributed by atoms with Gasteiger partial charge in [0.15, 0.2) is 17.3 Å². The number of carboxylic acid groups (broad SMARTS) is 1. The van der Waals surface area contributed by atoms with Crippen LogP contribution in [0, 0.1) is 6.92 Å². The number of benzene rings is 2. The van der Waals surface area contributed by atoms with Crippen LogP contribution in [0.2, 0.25) is 0 Å². The standard InChI is InChI=1S/C27H29NO6S/c1-16-26(17(2)29)35-27(28-16)20-7-10-23(24(14-20)32-3)34-12-4-11-33-21-8-9-22-18(13-21)5-6-19(22)15-25(30)31/h7-10,13-14,19H,4-6,11-12,15H2,1-3H3,(H,30,31)/t19-/m0/s1.